The van der Waals surface area contributed by atoms with Gasteiger partial charge in [-0.1, -0.05) is 36.8 Å². The van der Waals surface area contributed by atoms with Crippen molar-refractivity contribution in [2.45, 2.75) is 58.4 Å². The lowest BCUT2D eigenvalue weighted by molar-refractivity contribution is -0.117. The van der Waals surface area contributed by atoms with E-state index in [9.17, 15) is 13.2 Å². The van der Waals surface area contributed by atoms with E-state index in [1.807, 2.05) is 25.1 Å². The molecule has 0 aliphatic carbocycles. The summed E-state index contributed by atoms with van der Waals surface area (Å²) in [6.07, 6.45) is 4.55. The summed E-state index contributed by atoms with van der Waals surface area (Å²) in [6.45, 7) is 4.66. The van der Waals surface area contributed by atoms with Crippen LogP contribution in [0.15, 0.2) is 30.3 Å². The second kappa shape index (κ2) is 9.04. The average Bonchev–Trinajstić information content (AvgIpc) is 3.10. The van der Waals surface area contributed by atoms with Gasteiger partial charge in [-0.15, -0.1) is 0 Å². The highest BCUT2D eigenvalue weighted by Crippen LogP contribution is 2.35. The molecule has 7 nitrogen and oxygen atoms in total. The maximum absolute atomic E-state index is 12.7. The molecule has 1 atom stereocenters. The molecular weight excluding hydrogens is 412 g/mol. The van der Waals surface area contributed by atoms with Crippen molar-refractivity contribution in [3.05, 3.63) is 53.0 Å². The van der Waals surface area contributed by atoms with E-state index >= 15 is 0 Å². The molecular formula is C23H30N4O3S. The number of hydrogen-bond acceptors (Lipinski definition) is 5. The molecule has 0 bridgehead atoms. The molecule has 0 spiro atoms. The van der Waals surface area contributed by atoms with Gasteiger partial charge in [0, 0.05) is 24.3 Å². The molecule has 4 rings (SSSR count). The number of aryl methyl sites for hydroxylation is 2. The van der Waals surface area contributed by atoms with Gasteiger partial charge in [-0.25, -0.2) is 18.4 Å². The minimum Gasteiger partial charge on any atom is -0.296 e. The molecule has 0 radical (unpaired) electrons. The largest absolute Gasteiger partial charge is 0.296 e. The molecule has 31 heavy (non-hydrogen) atoms. The Hall–Kier alpha value is -2.32. The lowest BCUT2D eigenvalue weighted by Crippen LogP contribution is -2.40. The van der Waals surface area contributed by atoms with Gasteiger partial charge in [0.15, 0.2) is 0 Å². The van der Waals surface area contributed by atoms with Gasteiger partial charge in [0.2, 0.25) is 15.9 Å². The number of anilines is 1. The normalized spacial score (nSPS) is 19.6. The Balaban J connectivity index is 1.59. The quantitative estimate of drug-likeness (QED) is 0.658. The highest BCUT2D eigenvalue weighted by molar-refractivity contribution is 7.89. The third-order valence-electron chi connectivity index (χ3n) is 6.26. The topological polar surface area (TPSA) is 83.5 Å². The van der Waals surface area contributed by atoms with E-state index in [2.05, 4.69) is 17.1 Å². The van der Waals surface area contributed by atoms with Gasteiger partial charge in [-0.3, -0.25) is 9.69 Å². The summed E-state index contributed by atoms with van der Waals surface area (Å²) >= 11 is 0. The van der Waals surface area contributed by atoms with E-state index in [1.54, 1.807) is 16.1 Å². The van der Waals surface area contributed by atoms with Crippen LogP contribution in [-0.2, 0) is 27.7 Å². The molecule has 1 unspecified atom stereocenters. The average molecular weight is 443 g/mol. The Morgan fingerprint density at radius 1 is 1.13 bits per heavy atom. The summed E-state index contributed by atoms with van der Waals surface area (Å²) in [6, 6.07) is 9.87. The van der Waals surface area contributed by atoms with Crippen molar-refractivity contribution in [1.29, 1.82) is 0 Å². The molecule has 0 saturated carbocycles. The number of carbonyl (C=O) groups is 1. The molecule has 2 aliphatic heterocycles. The summed E-state index contributed by atoms with van der Waals surface area (Å²) in [5, 5.41) is 0. The molecule has 2 aromatic rings. The van der Waals surface area contributed by atoms with Crippen molar-refractivity contribution in [3.63, 3.8) is 0 Å². The number of sulfonamides is 1. The lowest BCUT2D eigenvalue weighted by Gasteiger charge is -2.33. The van der Waals surface area contributed by atoms with Crippen LogP contribution in [0.3, 0.4) is 0 Å². The van der Waals surface area contributed by atoms with Crippen molar-refractivity contribution >= 4 is 21.7 Å². The van der Waals surface area contributed by atoms with Gasteiger partial charge in [-0.05, 0) is 45.1 Å². The van der Waals surface area contributed by atoms with Crippen LogP contribution in [0.1, 0.15) is 61.3 Å². The van der Waals surface area contributed by atoms with Gasteiger partial charge < -0.3 is 0 Å². The number of rotatable bonds is 7. The first-order chi connectivity index (χ1) is 14.9. The molecule has 3 heterocycles. The predicted octanol–water partition coefficient (Wildman–Crippen LogP) is 3.18. The number of nitrogens with zero attached hydrogens (tertiary/aromatic N) is 4. The summed E-state index contributed by atoms with van der Waals surface area (Å²) in [5.41, 5.74) is 2.89. The van der Waals surface area contributed by atoms with Crippen LogP contribution < -0.4 is 4.90 Å². The molecule has 8 heteroatoms. The van der Waals surface area contributed by atoms with Crippen molar-refractivity contribution in [2.75, 3.05) is 23.7 Å². The lowest BCUT2D eigenvalue weighted by atomic mass is 10.0. The molecule has 1 aromatic carbocycles. The Labute approximate surface area is 184 Å². The van der Waals surface area contributed by atoms with Gasteiger partial charge >= 0.3 is 0 Å². The van der Waals surface area contributed by atoms with E-state index in [0.717, 1.165) is 36.9 Å². The first-order valence-electron chi connectivity index (χ1n) is 11.1. The van der Waals surface area contributed by atoms with Gasteiger partial charge in [0.05, 0.1) is 18.2 Å². The fourth-order valence-corrected chi connectivity index (χ4v) is 5.85. The Bertz CT molecular complexity index is 1060. The molecule has 166 valence electrons. The molecule has 0 N–H and O–H groups in total. The maximum Gasteiger partial charge on any atom is 0.232 e. The smallest absolute Gasteiger partial charge is 0.232 e. The second-order valence-corrected chi connectivity index (χ2v) is 10.5. The number of benzene rings is 1. The van der Waals surface area contributed by atoms with Crippen LogP contribution in [-0.4, -0.2) is 47.4 Å². The van der Waals surface area contributed by atoms with Gasteiger partial charge in [0.1, 0.15) is 11.6 Å². The van der Waals surface area contributed by atoms with E-state index in [1.165, 1.54) is 5.56 Å². The summed E-state index contributed by atoms with van der Waals surface area (Å²) in [7, 11) is -3.34. The summed E-state index contributed by atoms with van der Waals surface area (Å²) in [4.78, 5) is 23.9. The fraction of sp³-hybridized carbons (Fsp3) is 0.522. The SMILES string of the molecule is CCS(=O)(=O)N1CCCCC1c1nc(C)c2c(n1)N(CCCc1ccccc1)C(=O)C2. The van der Waals surface area contributed by atoms with E-state index < -0.39 is 10.0 Å². The van der Waals surface area contributed by atoms with Crippen LogP contribution in [0.5, 0.6) is 0 Å². The van der Waals surface area contributed by atoms with E-state index in [-0.39, 0.29) is 17.7 Å². The highest BCUT2D eigenvalue weighted by Gasteiger charge is 2.37. The zero-order valence-corrected chi connectivity index (χ0v) is 19.1. The molecule has 1 amide bonds. The van der Waals surface area contributed by atoms with Crippen LogP contribution in [0.2, 0.25) is 0 Å². The monoisotopic (exact) mass is 442 g/mol. The second-order valence-electron chi connectivity index (χ2n) is 8.30. The minimum absolute atomic E-state index is 0.0410. The first kappa shape index (κ1) is 21.9. The third kappa shape index (κ3) is 4.50. The van der Waals surface area contributed by atoms with Crippen molar-refractivity contribution in [1.82, 2.24) is 14.3 Å². The van der Waals surface area contributed by atoms with Gasteiger partial charge in [-0.2, -0.15) is 4.31 Å². The van der Waals surface area contributed by atoms with Crippen molar-refractivity contribution < 1.29 is 13.2 Å². The number of aromatic nitrogens is 2. The molecule has 2 aliphatic rings. The Kier molecular flexibility index (Phi) is 6.39. The van der Waals surface area contributed by atoms with Crippen molar-refractivity contribution in [3.8, 4) is 0 Å². The fourth-order valence-electron chi connectivity index (χ4n) is 4.52. The number of fused-ring (bicyclic) bond motifs is 1. The highest BCUT2D eigenvalue weighted by atomic mass is 32.2. The van der Waals surface area contributed by atoms with Crippen LogP contribution in [0, 0.1) is 6.92 Å². The zero-order chi connectivity index (χ0) is 22.0. The predicted molar refractivity (Wildman–Crippen MR) is 120 cm³/mol. The number of amides is 1. The summed E-state index contributed by atoms with van der Waals surface area (Å²) in [5.74, 6) is 1.30. The molecule has 1 saturated heterocycles. The Morgan fingerprint density at radius 3 is 2.65 bits per heavy atom. The minimum atomic E-state index is -3.34. The van der Waals surface area contributed by atoms with Crippen LogP contribution in [0.4, 0.5) is 5.82 Å². The first-order valence-corrected chi connectivity index (χ1v) is 12.7. The third-order valence-corrected chi connectivity index (χ3v) is 8.14. The van der Waals surface area contributed by atoms with Crippen LogP contribution >= 0.6 is 0 Å². The maximum atomic E-state index is 12.7. The number of hydrogen-bond donors (Lipinski definition) is 0. The Morgan fingerprint density at radius 2 is 1.90 bits per heavy atom. The van der Waals surface area contributed by atoms with E-state index in [4.69, 9.17) is 4.98 Å². The number of piperidine rings is 1. The van der Waals surface area contributed by atoms with Crippen molar-refractivity contribution in [2.24, 2.45) is 0 Å². The van der Waals surface area contributed by atoms with Gasteiger partial charge in [0.25, 0.3) is 0 Å². The molecule has 1 fully saturated rings. The molecule has 1 aromatic heterocycles. The number of carbonyl (C=O) groups excluding carboxylic acids is 1. The van der Waals surface area contributed by atoms with E-state index in [0.29, 0.717) is 37.6 Å². The zero-order valence-electron chi connectivity index (χ0n) is 18.2. The van der Waals surface area contributed by atoms with Crippen LogP contribution in [0.25, 0.3) is 0 Å². The standard InChI is InChI=1S/C23H30N4O3S/c1-3-31(29,30)27-15-8-7-13-20(27)22-24-17(2)19-16-21(28)26(23(19)25-22)14-9-12-18-10-5-4-6-11-18/h4-6,10-11,20H,3,7-9,12-16H2,1-2H3. The summed E-state index contributed by atoms with van der Waals surface area (Å²) < 4.78 is 26.9.